The quantitative estimate of drug-likeness (QED) is 0.530. The molecule has 0 aliphatic carbocycles. The van der Waals surface area contributed by atoms with E-state index in [1.165, 1.54) is 0 Å². The van der Waals surface area contributed by atoms with Crippen molar-refractivity contribution in [2.75, 3.05) is 0 Å². The number of nitrogens with zero attached hydrogens (tertiary/aromatic N) is 2. The van der Waals surface area contributed by atoms with Crippen molar-refractivity contribution in [3.63, 3.8) is 0 Å². The van der Waals surface area contributed by atoms with Crippen molar-refractivity contribution in [2.24, 2.45) is 16.3 Å². The Morgan fingerprint density at radius 2 is 2.09 bits per heavy atom. The van der Waals surface area contributed by atoms with Crippen LogP contribution in [-0.2, 0) is 0 Å². The van der Waals surface area contributed by atoms with Gasteiger partial charge < -0.3 is 0 Å². The maximum Gasteiger partial charge on any atom is 0.139 e. The van der Waals surface area contributed by atoms with Gasteiger partial charge in [0.05, 0.1) is 0 Å². The van der Waals surface area contributed by atoms with Gasteiger partial charge in [-0.25, -0.2) is 5.84 Å². The zero-order valence-corrected chi connectivity index (χ0v) is 7.28. The number of hydrazine groups is 1. The molecule has 0 spiro atoms. The first kappa shape index (κ1) is 8.27. The normalized spacial score (nSPS) is 24.4. The smallest absolute Gasteiger partial charge is 0.139 e. The van der Waals surface area contributed by atoms with Crippen LogP contribution in [0.3, 0.4) is 0 Å². The molecule has 1 aliphatic rings. The van der Waals surface area contributed by atoms with Gasteiger partial charge in [-0.3, -0.25) is 10.0 Å². The summed E-state index contributed by atoms with van der Waals surface area (Å²) in [5.74, 6) is 5.70. The van der Waals surface area contributed by atoms with Crippen LogP contribution in [0.15, 0.2) is 17.3 Å². The fourth-order valence-corrected chi connectivity index (χ4v) is 1.10. The van der Waals surface area contributed by atoms with Gasteiger partial charge in [-0.05, 0) is 6.08 Å². The second-order valence-electron chi connectivity index (χ2n) is 3.83. The summed E-state index contributed by atoms with van der Waals surface area (Å²) >= 11 is 0. The molecule has 1 rings (SSSR count). The third-order valence-corrected chi connectivity index (χ3v) is 1.63. The Morgan fingerprint density at radius 1 is 1.45 bits per heavy atom. The van der Waals surface area contributed by atoms with E-state index >= 15 is 0 Å². The summed E-state index contributed by atoms with van der Waals surface area (Å²) in [4.78, 5) is 4.27. The molecule has 0 saturated carbocycles. The van der Waals surface area contributed by atoms with Crippen LogP contribution in [0.2, 0.25) is 0 Å². The van der Waals surface area contributed by atoms with Gasteiger partial charge in [0.1, 0.15) is 6.17 Å². The average molecular weight is 153 g/mol. The Hall–Kier alpha value is -0.830. The van der Waals surface area contributed by atoms with E-state index in [0.29, 0.717) is 0 Å². The highest BCUT2D eigenvalue weighted by Gasteiger charge is 2.27. The van der Waals surface area contributed by atoms with Gasteiger partial charge in [0, 0.05) is 17.8 Å². The molecule has 2 N–H and O–H groups in total. The van der Waals surface area contributed by atoms with Crippen molar-refractivity contribution in [1.82, 2.24) is 5.01 Å². The molecule has 1 aliphatic heterocycles. The van der Waals surface area contributed by atoms with E-state index in [1.807, 2.05) is 12.3 Å². The molecule has 3 nitrogen and oxygen atoms in total. The Balaban J connectivity index is 2.74. The lowest BCUT2D eigenvalue weighted by Crippen LogP contribution is -2.44. The van der Waals surface area contributed by atoms with Crippen LogP contribution in [-0.4, -0.2) is 17.4 Å². The minimum absolute atomic E-state index is 0.0625. The molecular formula is C8H15N3. The lowest BCUT2D eigenvalue weighted by atomic mass is 9.92. The standard InChI is InChI=1S/C8H15N3/c1-8(2,3)7-10-5-4-6-11(7)9/h4-7H,9H2,1-3H3. The van der Waals surface area contributed by atoms with E-state index in [4.69, 9.17) is 5.84 Å². The largest absolute Gasteiger partial charge is 0.294 e. The lowest BCUT2D eigenvalue weighted by molar-refractivity contribution is 0.154. The Morgan fingerprint density at radius 3 is 2.45 bits per heavy atom. The van der Waals surface area contributed by atoms with E-state index in [-0.39, 0.29) is 11.6 Å². The van der Waals surface area contributed by atoms with Crippen LogP contribution in [0.25, 0.3) is 0 Å². The summed E-state index contributed by atoms with van der Waals surface area (Å²) in [5, 5.41) is 1.64. The SMILES string of the molecule is CC(C)(C)C1N=CC=CN1N. The third-order valence-electron chi connectivity index (χ3n) is 1.63. The van der Waals surface area contributed by atoms with Crippen LogP contribution in [0.5, 0.6) is 0 Å². The molecule has 0 aromatic carbocycles. The minimum atomic E-state index is 0.0625. The topological polar surface area (TPSA) is 41.6 Å². The van der Waals surface area contributed by atoms with Crippen molar-refractivity contribution >= 4 is 6.21 Å². The Labute approximate surface area is 67.6 Å². The molecule has 1 unspecified atom stereocenters. The average Bonchev–Trinajstić information content (AvgIpc) is 1.86. The van der Waals surface area contributed by atoms with E-state index in [2.05, 4.69) is 25.8 Å². The molecule has 3 heteroatoms. The molecule has 62 valence electrons. The Kier molecular flexibility index (Phi) is 2.00. The van der Waals surface area contributed by atoms with Crippen molar-refractivity contribution in [3.05, 3.63) is 12.3 Å². The van der Waals surface area contributed by atoms with Gasteiger partial charge in [-0.1, -0.05) is 20.8 Å². The highest BCUT2D eigenvalue weighted by molar-refractivity contribution is 5.71. The Bertz CT molecular complexity index is 188. The first-order valence-electron chi connectivity index (χ1n) is 3.75. The van der Waals surface area contributed by atoms with Gasteiger partial charge in [0.15, 0.2) is 0 Å². The van der Waals surface area contributed by atoms with E-state index in [1.54, 1.807) is 11.2 Å². The predicted octanol–water partition coefficient (Wildman–Crippen LogP) is 1.13. The molecule has 1 heterocycles. The summed E-state index contributed by atoms with van der Waals surface area (Å²) in [6.07, 6.45) is 5.53. The van der Waals surface area contributed by atoms with Crippen molar-refractivity contribution in [3.8, 4) is 0 Å². The number of hydrogen-bond acceptors (Lipinski definition) is 3. The molecule has 1 atom stereocenters. The molecule has 0 saturated heterocycles. The second kappa shape index (κ2) is 2.66. The molecule has 0 radical (unpaired) electrons. The molecule has 0 amide bonds. The van der Waals surface area contributed by atoms with E-state index in [0.717, 1.165) is 0 Å². The van der Waals surface area contributed by atoms with Crippen LogP contribution < -0.4 is 5.84 Å². The first-order valence-corrected chi connectivity index (χ1v) is 3.75. The number of hydrogen-bond donors (Lipinski definition) is 1. The monoisotopic (exact) mass is 153 g/mol. The minimum Gasteiger partial charge on any atom is -0.294 e. The summed E-state index contributed by atoms with van der Waals surface area (Å²) in [6, 6.07) is 0. The maximum atomic E-state index is 5.70. The van der Waals surface area contributed by atoms with Crippen LogP contribution in [0, 0.1) is 5.41 Å². The van der Waals surface area contributed by atoms with Gasteiger partial charge in [0.25, 0.3) is 0 Å². The van der Waals surface area contributed by atoms with E-state index < -0.39 is 0 Å². The maximum absolute atomic E-state index is 5.70. The zero-order valence-electron chi connectivity index (χ0n) is 7.28. The molecule has 11 heavy (non-hydrogen) atoms. The lowest BCUT2D eigenvalue weighted by Gasteiger charge is -2.34. The summed E-state index contributed by atoms with van der Waals surface area (Å²) in [5.41, 5.74) is 0.0933. The molecular weight excluding hydrogens is 138 g/mol. The molecule has 0 aromatic heterocycles. The van der Waals surface area contributed by atoms with Crippen molar-refractivity contribution in [1.29, 1.82) is 0 Å². The summed E-state index contributed by atoms with van der Waals surface area (Å²) in [6.45, 7) is 6.36. The predicted molar refractivity (Wildman–Crippen MR) is 46.9 cm³/mol. The van der Waals surface area contributed by atoms with Crippen LogP contribution in [0.1, 0.15) is 20.8 Å². The number of rotatable bonds is 0. The van der Waals surface area contributed by atoms with Crippen molar-refractivity contribution < 1.29 is 0 Å². The summed E-state index contributed by atoms with van der Waals surface area (Å²) in [7, 11) is 0. The van der Waals surface area contributed by atoms with Gasteiger partial charge >= 0.3 is 0 Å². The van der Waals surface area contributed by atoms with Gasteiger partial charge in [-0.15, -0.1) is 0 Å². The van der Waals surface area contributed by atoms with Crippen LogP contribution in [0.4, 0.5) is 0 Å². The zero-order chi connectivity index (χ0) is 8.48. The first-order chi connectivity index (χ1) is 5.02. The van der Waals surface area contributed by atoms with E-state index in [9.17, 15) is 0 Å². The third kappa shape index (κ3) is 1.80. The second-order valence-corrected chi connectivity index (χ2v) is 3.83. The molecule has 0 aromatic rings. The van der Waals surface area contributed by atoms with Gasteiger partial charge in [0.2, 0.25) is 0 Å². The molecule has 0 bridgehead atoms. The molecule has 0 fully saturated rings. The highest BCUT2D eigenvalue weighted by atomic mass is 15.5. The summed E-state index contributed by atoms with van der Waals surface area (Å²) < 4.78 is 0. The number of allylic oxidation sites excluding steroid dienone is 1. The number of nitrogens with two attached hydrogens (primary N) is 1. The van der Waals surface area contributed by atoms with Crippen LogP contribution >= 0.6 is 0 Å². The van der Waals surface area contributed by atoms with Gasteiger partial charge in [-0.2, -0.15) is 0 Å². The highest BCUT2D eigenvalue weighted by Crippen LogP contribution is 2.24. The number of aliphatic imine (C=N–C) groups is 1. The van der Waals surface area contributed by atoms with Crippen molar-refractivity contribution in [2.45, 2.75) is 26.9 Å². The fraction of sp³-hybridized carbons (Fsp3) is 0.625. The fourth-order valence-electron chi connectivity index (χ4n) is 1.10.